The van der Waals surface area contributed by atoms with E-state index in [1.165, 1.54) is 15.6 Å². The lowest BCUT2D eigenvalue weighted by atomic mass is 10.1. The molecule has 28 heavy (non-hydrogen) atoms. The third-order valence-electron chi connectivity index (χ3n) is 4.45. The number of nitrogens with zero attached hydrogens (tertiary/aromatic N) is 2. The fraction of sp³-hybridized carbons (Fsp3) is 0.182. The molecule has 0 saturated heterocycles. The van der Waals surface area contributed by atoms with E-state index in [4.69, 9.17) is 9.47 Å². The standard InChI is InChI=1S/C22H21N3O2S/c1-26-17-9-7-15(8-10-17)11-12-23-21-14-18(24-22(25-21)27-2)20-13-16-5-3-4-6-19(16)28-20/h3-10,13-14H,11-12H2,1-2H3,(H,23,24,25). The minimum atomic E-state index is 0.363. The van der Waals surface area contributed by atoms with Gasteiger partial charge in [-0.1, -0.05) is 30.3 Å². The van der Waals surface area contributed by atoms with Crippen molar-refractivity contribution in [1.29, 1.82) is 0 Å². The van der Waals surface area contributed by atoms with Gasteiger partial charge in [-0.15, -0.1) is 11.3 Å². The van der Waals surface area contributed by atoms with E-state index in [-0.39, 0.29) is 0 Å². The van der Waals surface area contributed by atoms with Crippen molar-refractivity contribution in [2.75, 3.05) is 26.1 Å². The number of aromatic nitrogens is 2. The van der Waals surface area contributed by atoms with Crippen molar-refractivity contribution < 1.29 is 9.47 Å². The maximum Gasteiger partial charge on any atom is 0.318 e. The fourth-order valence-electron chi connectivity index (χ4n) is 2.97. The maximum absolute atomic E-state index is 5.31. The van der Waals surface area contributed by atoms with Crippen LogP contribution in [0.5, 0.6) is 11.8 Å². The first-order chi connectivity index (χ1) is 13.7. The first kappa shape index (κ1) is 18.3. The zero-order valence-corrected chi connectivity index (χ0v) is 16.6. The van der Waals surface area contributed by atoms with Crippen LogP contribution in [0.1, 0.15) is 5.56 Å². The van der Waals surface area contributed by atoms with Crippen LogP contribution in [0.25, 0.3) is 20.7 Å². The summed E-state index contributed by atoms with van der Waals surface area (Å²) in [5.41, 5.74) is 2.10. The Bertz CT molecular complexity index is 1040. The molecular weight excluding hydrogens is 370 g/mol. The summed E-state index contributed by atoms with van der Waals surface area (Å²) in [4.78, 5) is 10.1. The summed E-state index contributed by atoms with van der Waals surface area (Å²) >= 11 is 1.72. The first-order valence-corrected chi connectivity index (χ1v) is 9.85. The third-order valence-corrected chi connectivity index (χ3v) is 5.58. The number of methoxy groups -OCH3 is 2. The minimum Gasteiger partial charge on any atom is -0.497 e. The lowest BCUT2D eigenvalue weighted by Gasteiger charge is -2.09. The highest BCUT2D eigenvalue weighted by Crippen LogP contribution is 2.33. The van der Waals surface area contributed by atoms with Crippen molar-refractivity contribution in [3.05, 3.63) is 66.2 Å². The van der Waals surface area contributed by atoms with Gasteiger partial charge in [0.1, 0.15) is 11.6 Å². The summed E-state index contributed by atoms with van der Waals surface area (Å²) in [7, 11) is 3.26. The predicted octanol–water partition coefficient (Wildman–Crippen LogP) is 5.03. The van der Waals surface area contributed by atoms with Crippen molar-refractivity contribution in [2.45, 2.75) is 6.42 Å². The Morgan fingerprint density at radius 3 is 2.50 bits per heavy atom. The number of benzene rings is 2. The average Bonchev–Trinajstić information content (AvgIpc) is 3.18. The quantitative estimate of drug-likeness (QED) is 0.479. The van der Waals surface area contributed by atoms with Gasteiger partial charge in [0.25, 0.3) is 0 Å². The van der Waals surface area contributed by atoms with E-state index < -0.39 is 0 Å². The topological polar surface area (TPSA) is 56.3 Å². The Kier molecular flexibility index (Phi) is 5.39. The van der Waals surface area contributed by atoms with Crippen LogP contribution in [0, 0.1) is 0 Å². The molecule has 0 atom stereocenters. The second kappa shape index (κ2) is 8.27. The fourth-order valence-corrected chi connectivity index (χ4v) is 3.99. The normalized spacial score (nSPS) is 10.8. The third kappa shape index (κ3) is 4.07. The van der Waals surface area contributed by atoms with Gasteiger partial charge in [-0.2, -0.15) is 9.97 Å². The van der Waals surface area contributed by atoms with E-state index in [1.54, 1.807) is 25.6 Å². The molecule has 0 saturated carbocycles. The van der Waals surface area contributed by atoms with E-state index in [1.807, 2.05) is 24.3 Å². The molecule has 0 bridgehead atoms. The zero-order chi connectivity index (χ0) is 19.3. The van der Waals surface area contributed by atoms with Gasteiger partial charge in [-0.05, 0) is 41.6 Å². The van der Waals surface area contributed by atoms with Crippen molar-refractivity contribution in [3.63, 3.8) is 0 Å². The summed E-state index contributed by atoms with van der Waals surface area (Å²) in [6.07, 6.45) is 0.883. The second-order valence-corrected chi connectivity index (χ2v) is 7.38. The Labute approximate surface area is 168 Å². The highest BCUT2D eigenvalue weighted by atomic mass is 32.1. The highest BCUT2D eigenvalue weighted by Gasteiger charge is 2.10. The van der Waals surface area contributed by atoms with Gasteiger partial charge in [0, 0.05) is 17.3 Å². The molecule has 2 aromatic heterocycles. The van der Waals surface area contributed by atoms with Gasteiger partial charge in [0.15, 0.2) is 0 Å². The molecule has 4 rings (SSSR count). The van der Waals surface area contributed by atoms with Gasteiger partial charge < -0.3 is 14.8 Å². The molecule has 142 valence electrons. The number of thiophene rings is 1. The van der Waals surface area contributed by atoms with Crippen LogP contribution < -0.4 is 14.8 Å². The van der Waals surface area contributed by atoms with Crippen LogP contribution in [-0.2, 0) is 6.42 Å². The molecule has 1 N–H and O–H groups in total. The smallest absolute Gasteiger partial charge is 0.318 e. The first-order valence-electron chi connectivity index (χ1n) is 9.04. The van der Waals surface area contributed by atoms with Crippen molar-refractivity contribution >= 4 is 27.2 Å². The monoisotopic (exact) mass is 391 g/mol. The molecule has 0 aliphatic rings. The summed E-state index contributed by atoms with van der Waals surface area (Å²) in [5, 5.41) is 4.60. The van der Waals surface area contributed by atoms with Crippen LogP contribution in [0.15, 0.2) is 60.7 Å². The van der Waals surface area contributed by atoms with Gasteiger partial charge in [-0.3, -0.25) is 0 Å². The van der Waals surface area contributed by atoms with Crippen LogP contribution in [-0.4, -0.2) is 30.7 Å². The van der Waals surface area contributed by atoms with Gasteiger partial charge in [-0.25, -0.2) is 0 Å². The number of fused-ring (bicyclic) bond motifs is 1. The van der Waals surface area contributed by atoms with Crippen molar-refractivity contribution in [2.24, 2.45) is 0 Å². The Balaban J connectivity index is 1.51. The molecule has 6 heteroatoms. The number of hydrogen-bond donors (Lipinski definition) is 1. The van der Waals surface area contributed by atoms with E-state index in [2.05, 4.69) is 51.7 Å². The van der Waals surface area contributed by atoms with E-state index >= 15 is 0 Å². The van der Waals surface area contributed by atoms with Crippen molar-refractivity contribution in [3.8, 4) is 22.3 Å². The summed E-state index contributed by atoms with van der Waals surface area (Å²) in [5.74, 6) is 1.62. The predicted molar refractivity (Wildman–Crippen MR) is 115 cm³/mol. The summed E-state index contributed by atoms with van der Waals surface area (Å²) in [6.45, 7) is 0.762. The van der Waals surface area contributed by atoms with Crippen LogP contribution in [0.3, 0.4) is 0 Å². The number of nitrogens with one attached hydrogen (secondary N) is 1. The van der Waals surface area contributed by atoms with Gasteiger partial charge in [0.2, 0.25) is 0 Å². The Morgan fingerprint density at radius 1 is 0.929 bits per heavy atom. The number of hydrogen-bond acceptors (Lipinski definition) is 6. The summed E-state index contributed by atoms with van der Waals surface area (Å²) in [6, 6.07) is 20.9. The molecule has 0 amide bonds. The van der Waals surface area contributed by atoms with Crippen LogP contribution >= 0.6 is 11.3 Å². The maximum atomic E-state index is 5.31. The summed E-state index contributed by atoms with van der Waals surface area (Å²) < 4.78 is 11.7. The molecule has 0 aliphatic carbocycles. The van der Waals surface area contributed by atoms with Gasteiger partial charge >= 0.3 is 6.01 Å². The number of rotatable bonds is 7. The van der Waals surface area contributed by atoms with Crippen LogP contribution in [0.2, 0.25) is 0 Å². The van der Waals surface area contributed by atoms with Gasteiger partial charge in [0.05, 0.1) is 24.8 Å². The molecule has 0 spiro atoms. The SMILES string of the molecule is COc1ccc(CCNc2cc(-c3cc4ccccc4s3)nc(OC)n2)cc1. The molecule has 0 aliphatic heterocycles. The molecule has 5 nitrogen and oxygen atoms in total. The van der Waals surface area contributed by atoms with Crippen molar-refractivity contribution in [1.82, 2.24) is 9.97 Å². The minimum absolute atomic E-state index is 0.363. The lowest BCUT2D eigenvalue weighted by Crippen LogP contribution is -2.07. The Hall–Kier alpha value is -3.12. The molecule has 2 aromatic carbocycles. The average molecular weight is 391 g/mol. The largest absolute Gasteiger partial charge is 0.497 e. The van der Waals surface area contributed by atoms with E-state index in [0.717, 1.165) is 35.1 Å². The zero-order valence-electron chi connectivity index (χ0n) is 15.8. The van der Waals surface area contributed by atoms with E-state index in [9.17, 15) is 0 Å². The number of ether oxygens (including phenoxy) is 2. The number of anilines is 1. The lowest BCUT2D eigenvalue weighted by molar-refractivity contribution is 0.381. The molecule has 0 unspecified atom stereocenters. The highest BCUT2D eigenvalue weighted by molar-refractivity contribution is 7.22. The van der Waals surface area contributed by atoms with Crippen LogP contribution in [0.4, 0.5) is 5.82 Å². The molecule has 0 radical (unpaired) electrons. The second-order valence-electron chi connectivity index (χ2n) is 6.30. The molecule has 4 aromatic rings. The molecular formula is C22H21N3O2S. The molecule has 2 heterocycles. The van der Waals surface area contributed by atoms with E-state index in [0.29, 0.717) is 6.01 Å². The Morgan fingerprint density at radius 2 is 1.75 bits per heavy atom. The molecule has 0 fully saturated rings.